The highest BCUT2D eigenvalue weighted by Gasteiger charge is 2.29. The van der Waals surface area contributed by atoms with Crippen molar-refractivity contribution >= 4 is 34.8 Å². The summed E-state index contributed by atoms with van der Waals surface area (Å²) in [6, 6.07) is 15.7. The van der Waals surface area contributed by atoms with Gasteiger partial charge in [-0.2, -0.15) is 0 Å². The van der Waals surface area contributed by atoms with Gasteiger partial charge in [-0.3, -0.25) is 14.4 Å². The van der Waals surface area contributed by atoms with Gasteiger partial charge in [0.15, 0.2) is 11.5 Å². The van der Waals surface area contributed by atoms with Crippen molar-refractivity contribution in [2.45, 2.75) is 19.8 Å². The van der Waals surface area contributed by atoms with E-state index in [-0.39, 0.29) is 29.5 Å². The van der Waals surface area contributed by atoms with Crippen molar-refractivity contribution in [2.75, 3.05) is 37.4 Å². The fourth-order valence-corrected chi connectivity index (χ4v) is 4.87. The fraction of sp³-hybridized carbons (Fsp3) is 0.276. The van der Waals surface area contributed by atoms with Crippen LogP contribution in [-0.2, 0) is 9.53 Å². The normalized spacial score (nSPS) is 14.9. The highest BCUT2D eigenvalue weighted by Crippen LogP contribution is 2.37. The van der Waals surface area contributed by atoms with E-state index < -0.39 is 0 Å². The molecule has 0 aromatic heterocycles. The number of fused-ring (bicyclic) bond motifs is 2. The summed E-state index contributed by atoms with van der Waals surface area (Å²) in [6.45, 7) is 3.08. The highest BCUT2D eigenvalue weighted by molar-refractivity contribution is 6.13. The number of esters is 1. The molecule has 3 N–H and O–H groups in total. The molecule has 0 radical (unpaired) electrons. The number of benzene rings is 3. The summed E-state index contributed by atoms with van der Waals surface area (Å²) >= 11 is 0. The van der Waals surface area contributed by atoms with Crippen LogP contribution in [0.3, 0.4) is 0 Å². The lowest BCUT2D eigenvalue weighted by Crippen LogP contribution is -2.40. The number of carbonyl (C=O) groups excluding carboxylic acids is 3. The summed E-state index contributed by atoms with van der Waals surface area (Å²) in [5.41, 5.74) is 4.37. The minimum Gasteiger partial charge on any atom is -0.504 e. The number of nitrogens with zero attached hydrogens (tertiary/aromatic N) is 1. The van der Waals surface area contributed by atoms with Gasteiger partial charge < -0.3 is 30.1 Å². The zero-order valence-electron chi connectivity index (χ0n) is 21.2. The van der Waals surface area contributed by atoms with Gasteiger partial charge in [0, 0.05) is 18.7 Å². The number of phenols is 1. The maximum Gasteiger partial charge on any atom is 0.309 e. The Kier molecular flexibility index (Phi) is 6.91. The highest BCUT2D eigenvalue weighted by atomic mass is 16.5. The van der Waals surface area contributed by atoms with Gasteiger partial charge in [0.05, 0.1) is 42.3 Å². The molecule has 9 heteroatoms. The predicted molar refractivity (Wildman–Crippen MR) is 143 cm³/mol. The van der Waals surface area contributed by atoms with Crippen molar-refractivity contribution in [3.63, 3.8) is 0 Å². The quantitative estimate of drug-likeness (QED) is 0.418. The maximum absolute atomic E-state index is 13.2. The lowest BCUT2D eigenvalue weighted by atomic mass is 9.96. The fourth-order valence-electron chi connectivity index (χ4n) is 4.87. The summed E-state index contributed by atoms with van der Waals surface area (Å²) in [7, 11) is 1.49. The second-order valence-electron chi connectivity index (χ2n) is 9.31. The Morgan fingerprint density at radius 2 is 1.68 bits per heavy atom. The van der Waals surface area contributed by atoms with Gasteiger partial charge in [0.2, 0.25) is 0 Å². The Hall–Kier alpha value is -4.53. The van der Waals surface area contributed by atoms with Crippen molar-refractivity contribution in [2.24, 2.45) is 5.92 Å². The summed E-state index contributed by atoms with van der Waals surface area (Å²) in [6.07, 6.45) is 1.14. The molecule has 0 bridgehead atoms. The second kappa shape index (κ2) is 10.5. The lowest BCUT2D eigenvalue weighted by Gasteiger charge is -2.31. The molecule has 196 valence electrons. The van der Waals surface area contributed by atoms with Gasteiger partial charge >= 0.3 is 5.97 Å². The Morgan fingerprint density at radius 1 is 0.947 bits per heavy atom. The number of hydrogen-bond acceptors (Lipinski definition) is 7. The Bertz CT molecular complexity index is 1410. The molecule has 3 aromatic carbocycles. The van der Waals surface area contributed by atoms with Gasteiger partial charge in [-0.1, -0.05) is 12.1 Å². The first kappa shape index (κ1) is 25.1. The number of piperidine rings is 1. The topological polar surface area (TPSA) is 117 Å². The average Bonchev–Trinajstić information content (AvgIpc) is 3.07. The molecule has 3 aromatic rings. The number of nitrogens with one attached hydrogen (secondary N) is 2. The molecule has 2 heterocycles. The van der Waals surface area contributed by atoms with Crippen LogP contribution in [0.1, 0.15) is 40.5 Å². The van der Waals surface area contributed by atoms with E-state index in [0.29, 0.717) is 66.5 Å². The molecule has 0 aliphatic carbocycles. The second-order valence-corrected chi connectivity index (χ2v) is 9.31. The third-order valence-electron chi connectivity index (χ3n) is 6.96. The minimum absolute atomic E-state index is 0.0474. The number of ether oxygens (including phenoxy) is 2. The minimum atomic E-state index is -0.291. The van der Waals surface area contributed by atoms with E-state index >= 15 is 0 Å². The summed E-state index contributed by atoms with van der Waals surface area (Å²) < 4.78 is 10.3. The molecular formula is C29H29N3O6. The number of phenolic OH excluding ortho intramolecular Hbond substituents is 1. The molecule has 2 aliphatic heterocycles. The van der Waals surface area contributed by atoms with Crippen LogP contribution >= 0.6 is 0 Å². The van der Waals surface area contributed by atoms with Gasteiger partial charge in [-0.05, 0) is 73.4 Å². The number of rotatable bonds is 5. The number of methoxy groups -OCH3 is 1. The molecule has 2 amide bonds. The standard InChI is InChI=1S/C29H29N3O6/c1-3-38-29(36)17-10-12-32(13-11-17)28(35)20-5-8-22-24(15-20)31-27(34)21-7-4-18(14-23(21)30-22)19-6-9-25(33)26(16-19)37-2/h4-9,14-17,30,33H,3,10-13H2,1-2H3,(H,31,34). The number of amides is 2. The molecule has 0 saturated carbocycles. The summed E-state index contributed by atoms with van der Waals surface area (Å²) in [5.74, 6) is -0.413. The van der Waals surface area contributed by atoms with Gasteiger partial charge in [0.1, 0.15) is 0 Å². The third-order valence-corrected chi connectivity index (χ3v) is 6.96. The largest absolute Gasteiger partial charge is 0.504 e. The molecule has 1 fully saturated rings. The van der Waals surface area contributed by atoms with E-state index in [1.807, 2.05) is 12.1 Å². The SMILES string of the molecule is CCOC(=O)C1CCN(C(=O)c2ccc3c(c2)NC(=O)c2ccc(-c4ccc(O)c(OC)c4)cc2N3)CC1. The molecular weight excluding hydrogens is 486 g/mol. The molecule has 5 rings (SSSR count). The maximum atomic E-state index is 13.2. The van der Waals surface area contributed by atoms with E-state index in [1.54, 1.807) is 54.3 Å². The van der Waals surface area contributed by atoms with Crippen LogP contribution in [0.2, 0.25) is 0 Å². The van der Waals surface area contributed by atoms with Crippen molar-refractivity contribution in [1.29, 1.82) is 0 Å². The van der Waals surface area contributed by atoms with Crippen molar-refractivity contribution in [1.82, 2.24) is 4.90 Å². The van der Waals surface area contributed by atoms with E-state index in [9.17, 15) is 19.5 Å². The summed E-state index contributed by atoms with van der Waals surface area (Å²) in [4.78, 5) is 40.0. The zero-order valence-corrected chi connectivity index (χ0v) is 21.2. The number of likely N-dealkylation sites (tertiary alicyclic amines) is 1. The Balaban J connectivity index is 1.35. The molecule has 9 nitrogen and oxygen atoms in total. The van der Waals surface area contributed by atoms with Crippen LogP contribution in [0, 0.1) is 5.92 Å². The van der Waals surface area contributed by atoms with Crippen molar-refractivity contribution in [3.8, 4) is 22.6 Å². The van der Waals surface area contributed by atoms with Gasteiger partial charge in [-0.15, -0.1) is 0 Å². The van der Waals surface area contributed by atoms with E-state index in [0.717, 1.165) is 11.1 Å². The first-order valence-corrected chi connectivity index (χ1v) is 12.6. The Morgan fingerprint density at radius 3 is 2.42 bits per heavy atom. The van der Waals surface area contributed by atoms with Gasteiger partial charge in [-0.25, -0.2) is 0 Å². The molecule has 0 atom stereocenters. The predicted octanol–water partition coefficient (Wildman–Crippen LogP) is 4.79. The van der Waals surface area contributed by atoms with E-state index in [2.05, 4.69) is 10.6 Å². The molecule has 38 heavy (non-hydrogen) atoms. The molecule has 0 spiro atoms. The van der Waals surface area contributed by atoms with Crippen LogP contribution in [-0.4, -0.2) is 54.6 Å². The number of anilines is 3. The van der Waals surface area contributed by atoms with Crippen LogP contribution in [0.5, 0.6) is 11.5 Å². The smallest absolute Gasteiger partial charge is 0.309 e. The summed E-state index contributed by atoms with van der Waals surface area (Å²) in [5, 5.41) is 16.1. The van der Waals surface area contributed by atoms with Crippen LogP contribution in [0.25, 0.3) is 11.1 Å². The van der Waals surface area contributed by atoms with Crippen LogP contribution in [0.4, 0.5) is 17.1 Å². The first-order valence-electron chi connectivity index (χ1n) is 12.6. The van der Waals surface area contributed by atoms with E-state index in [4.69, 9.17) is 9.47 Å². The Labute approximate surface area is 220 Å². The van der Waals surface area contributed by atoms with Crippen LogP contribution in [0.15, 0.2) is 54.6 Å². The molecule has 1 saturated heterocycles. The number of carbonyl (C=O) groups is 3. The molecule has 0 unspecified atom stereocenters. The van der Waals surface area contributed by atoms with Gasteiger partial charge in [0.25, 0.3) is 11.8 Å². The van der Waals surface area contributed by atoms with Crippen LogP contribution < -0.4 is 15.4 Å². The van der Waals surface area contributed by atoms with Crippen molar-refractivity contribution < 1.29 is 29.0 Å². The van der Waals surface area contributed by atoms with E-state index in [1.165, 1.54) is 7.11 Å². The average molecular weight is 516 g/mol. The third kappa shape index (κ3) is 4.87. The first-order chi connectivity index (χ1) is 18.4. The molecule has 2 aliphatic rings. The lowest BCUT2D eigenvalue weighted by molar-refractivity contribution is -0.149. The zero-order chi connectivity index (χ0) is 26.8. The number of aromatic hydroxyl groups is 1. The monoisotopic (exact) mass is 515 g/mol. The number of hydrogen-bond donors (Lipinski definition) is 3. The van der Waals surface area contributed by atoms with Crippen molar-refractivity contribution in [3.05, 3.63) is 65.7 Å².